The largest absolute Gasteiger partial charge is 0.375 e. The number of nitrogens with one attached hydrogen (secondary N) is 2. The molecule has 5 nitrogen and oxygen atoms in total. The zero-order chi connectivity index (χ0) is 11.4. The summed E-state index contributed by atoms with van der Waals surface area (Å²) in [5.74, 6) is -0.184. The summed E-state index contributed by atoms with van der Waals surface area (Å²) in [6, 6.07) is -0.394. The quantitative estimate of drug-likeness (QED) is 0.657. The van der Waals surface area contributed by atoms with E-state index in [1.54, 1.807) is 6.92 Å². The first-order chi connectivity index (χ1) is 7.06. The molecule has 1 saturated heterocycles. The molecule has 0 aromatic rings. The van der Waals surface area contributed by atoms with Crippen molar-refractivity contribution in [2.45, 2.75) is 33.2 Å². The fourth-order valence-electron chi connectivity index (χ4n) is 1.35. The highest BCUT2D eigenvalue weighted by Gasteiger charge is 2.26. The molecule has 0 aromatic carbocycles. The molecule has 0 saturated carbocycles. The summed E-state index contributed by atoms with van der Waals surface area (Å²) in [7, 11) is 0. The van der Waals surface area contributed by atoms with E-state index in [2.05, 4.69) is 10.8 Å². The van der Waals surface area contributed by atoms with Crippen molar-refractivity contribution < 1.29 is 14.4 Å². The van der Waals surface area contributed by atoms with Crippen LogP contribution in [0.5, 0.6) is 0 Å². The lowest BCUT2D eigenvalue weighted by atomic mass is 10.1. The Hall–Kier alpha value is -1.36. The topological polar surface area (TPSA) is 67.4 Å². The fraction of sp³-hybridized carbons (Fsp3) is 0.600. The van der Waals surface area contributed by atoms with Crippen LogP contribution in [-0.2, 0) is 14.4 Å². The summed E-state index contributed by atoms with van der Waals surface area (Å²) in [6.45, 7) is 5.48. The van der Waals surface area contributed by atoms with Gasteiger partial charge in [-0.1, -0.05) is 6.92 Å². The van der Waals surface area contributed by atoms with Gasteiger partial charge in [0.15, 0.2) is 5.78 Å². The van der Waals surface area contributed by atoms with E-state index in [0.29, 0.717) is 12.0 Å². The summed E-state index contributed by atoms with van der Waals surface area (Å²) in [4.78, 5) is 27.2. The Bertz CT molecular complexity index is 310. The first kappa shape index (κ1) is 11.7. The second-order valence-electron chi connectivity index (χ2n) is 3.49. The molecule has 0 radical (unpaired) electrons. The first-order valence-electron chi connectivity index (χ1n) is 4.95. The summed E-state index contributed by atoms with van der Waals surface area (Å²) < 4.78 is 0. The number of hydrogen-bond acceptors (Lipinski definition) is 4. The summed E-state index contributed by atoms with van der Waals surface area (Å²) in [5, 5.41) is 3.02. The molecule has 1 unspecified atom stereocenters. The van der Waals surface area contributed by atoms with Crippen LogP contribution in [0.3, 0.4) is 0 Å². The molecular formula is C10H16N2O3. The third kappa shape index (κ3) is 2.79. The van der Waals surface area contributed by atoms with E-state index in [-0.39, 0.29) is 18.3 Å². The normalized spacial score (nSPS) is 22.1. The van der Waals surface area contributed by atoms with Crippen LogP contribution in [0.2, 0.25) is 0 Å². The highest BCUT2D eigenvalue weighted by atomic mass is 16.7. The van der Waals surface area contributed by atoms with Crippen molar-refractivity contribution in [2.24, 2.45) is 0 Å². The average molecular weight is 212 g/mol. The van der Waals surface area contributed by atoms with E-state index < -0.39 is 6.04 Å². The van der Waals surface area contributed by atoms with Crippen LogP contribution < -0.4 is 10.8 Å². The number of Topliss-reactive ketones (excluding diaryl/α,β-unsaturated/α-hetero) is 1. The molecule has 1 amide bonds. The lowest BCUT2D eigenvalue weighted by molar-refractivity contribution is -0.125. The smallest absolute Gasteiger partial charge is 0.268 e. The maximum absolute atomic E-state index is 11.2. The predicted octanol–water partition coefficient (Wildman–Crippen LogP) is 0.279. The van der Waals surface area contributed by atoms with Crippen LogP contribution in [-0.4, -0.2) is 24.3 Å². The molecule has 0 bridgehead atoms. The summed E-state index contributed by atoms with van der Waals surface area (Å²) >= 11 is 0. The van der Waals surface area contributed by atoms with Crippen LogP contribution in [0.1, 0.15) is 27.2 Å². The second-order valence-corrected chi connectivity index (χ2v) is 3.49. The molecule has 1 fully saturated rings. The van der Waals surface area contributed by atoms with Gasteiger partial charge in [-0.3, -0.25) is 14.4 Å². The van der Waals surface area contributed by atoms with Crippen molar-refractivity contribution in [1.29, 1.82) is 0 Å². The lowest BCUT2D eigenvalue weighted by Gasteiger charge is -2.14. The van der Waals surface area contributed by atoms with Crippen molar-refractivity contribution in [3.05, 3.63) is 11.3 Å². The Labute approximate surface area is 88.8 Å². The zero-order valence-electron chi connectivity index (χ0n) is 9.22. The molecule has 0 spiro atoms. The van der Waals surface area contributed by atoms with E-state index in [1.807, 2.05) is 6.92 Å². The number of carbonyl (C=O) groups excluding carboxylic acids is 2. The van der Waals surface area contributed by atoms with Crippen LogP contribution in [0, 0.1) is 0 Å². The van der Waals surface area contributed by atoms with Gasteiger partial charge >= 0.3 is 0 Å². The number of hydroxylamine groups is 1. The number of rotatable bonds is 4. The van der Waals surface area contributed by atoms with Gasteiger partial charge in [-0.05, 0) is 20.3 Å². The Morgan fingerprint density at radius 2 is 2.27 bits per heavy atom. The summed E-state index contributed by atoms with van der Waals surface area (Å²) in [6.07, 6.45) is 0.690. The minimum absolute atomic E-state index is 0.0127. The van der Waals surface area contributed by atoms with Crippen LogP contribution in [0.4, 0.5) is 0 Å². The van der Waals surface area contributed by atoms with E-state index >= 15 is 0 Å². The Morgan fingerprint density at radius 1 is 1.60 bits per heavy atom. The van der Waals surface area contributed by atoms with Crippen molar-refractivity contribution in [3.8, 4) is 0 Å². The van der Waals surface area contributed by atoms with E-state index in [4.69, 9.17) is 4.84 Å². The van der Waals surface area contributed by atoms with E-state index in [1.165, 1.54) is 6.92 Å². The maximum atomic E-state index is 11.2. The highest BCUT2D eigenvalue weighted by Crippen LogP contribution is 2.08. The number of ketones is 1. The van der Waals surface area contributed by atoms with Crippen molar-refractivity contribution in [1.82, 2.24) is 10.8 Å². The van der Waals surface area contributed by atoms with Crippen molar-refractivity contribution in [3.63, 3.8) is 0 Å². The Kier molecular flexibility index (Phi) is 3.85. The molecule has 1 atom stereocenters. The molecule has 1 rings (SSSR count). The predicted molar refractivity (Wildman–Crippen MR) is 54.7 cm³/mol. The molecule has 0 aromatic heterocycles. The minimum atomic E-state index is -0.394. The minimum Gasteiger partial charge on any atom is -0.375 e. The number of allylic oxidation sites excluding steroid dienone is 2. The average Bonchev–Trinajstić information content (AvgIpc) is 2.59. The number of carbonyl (C=O) groups is 2. The molecule has 2 N–H and O–H groups in total. The third-order valence-corrected chi connectivity index (χ3v) is 2.42. The van der Waals surface area contributed by atoms with Crippen LogP contribution in [0.25, 0.3) is 0 Å². The van der Waals surface area contributed by atoms with E-state index in [9.17, 15) is 9.59 Å². The van der Waals surface area contributed by atoms with Gasteiger partial charge in [0, 0.05) is 11.3 Å². The molecule has 0 aliphatic carbocycles. The molecule has 1 aliphatic heterocycles. The SMILES string of the molecule is CCC(NC1CONC1=O)=C(C)C(C)=O. The van der Waals surface area contributed by atoms with Crippen LogP contribution in [0.15, 0.2) is 11.3 Å². The van der Waals surface area contributed by atoms with Gasteiger partial charge in [-0.25, -0.2) is 5.48 Å². The zero-order valence-corrected chi connectivity index (χ0v) is 9.22. The van der Waals surface area contributed by atoms with Gasteiger partial charge in [-0.15, -0.1) is 0 Å². The molecule has 84 valence electrons. The molecule has 1 aliphatic rings. The molecular weight excluding hydrogens is 196 g/mol. The second kappa shape index (κ2) is 4.93. The standard InChI is InChI=1S/C10H16N2O3/c1-4-8(6(2)7(3)13)11-9-5-15-12-10(9)14/h9,11H,4-5H2,1-3H3,(H,12,14). The third-order valence-electron chi connectivity index (χ3n) is 2.42. The van der Waals surface area contributed by atoms with E-state index in [0.717, 1.165) is 5.70 Å². The van der Waals surface area contributed by atoms with Crippen molar-refractivity contribution in [2.75, 3.05) is 6.61 Å². The summed E-state index contributed by atoms with van der Waals surface area (Å²) in [5.41, 5.74) is 3.72. The highest BCUT2D eigenvalue weighted by molar-refractivity contribution is 5.93. The van der Waals surface area contributed by atoms with Gasteiger partial charge in [0.05, 0.1) is 0 Å². The van der Waals surface area contributed by atoms with Gasteiger partial charge in [-0.2, -0.15) is 0 Å². The fourth-order valence-corrected chi connectivity index (χ4v) is 1.35. The molecule has 15 heavy (non-hydrogen) atoms. The maximum Gasteiger partial charge on any atom is 0.268 e. The lowest BCUT2D eigenvalue weighted by Crippen LogP contribution is -2.37. The number of amides is 1. The van der Waals surface area contributed by atoms with Gasteiger partial charge < -0.3 is 5.32 Å². The molecule has 1 heterocycles. The Balaban J connectivity index is 2.73. The monoisotopic (exact) mass is 212 g/mol. The van der Waals surface area contributed by atoms with Gasteiger partial charge in [0.2, 0.25) is 0 Å². The first-order valence-corrected chi connectivity index (χ1v) is 4.95. The van der Waals surface area contributed by atoms with Gasteiger partial charge in [0.25, 0.3) is 5.91 Å². The molecule has 5 heteroatoms. The van der Waals surface area contributed by atoms with Crippen LogP contribution >= 0.6 is 0 Å². The Morgan fingerprint density at radius 3 is 2.67 bits per heavy atom. The van der Waals surface area contributed by atoms with Gasteiger partial charge in [0.1, 0.15) is 12.6 Å². The van der Waals surface area contributed by atoms with Crippen molar-refractivity contribution >= 4 is 11.7 Å². The number of hydrogen-bond donors (Lipinski definition) is 2.